The van der Waals surface area contributed by atoms with Crippen LogP contribution in [0.5, 0.6) is 0 Å². The number of halogens is 3. The Balaban J connectivity index is 1.68. The van der Waals surface area contributed by atoms with E-state index < -0.39 is 17.6 Å². The topological polar surface area (TPSA) is 75.4 Å². The van der Waals surface area contributed by atoms with Crippen molar-refractivity contribution in [1.29, 1.82) is 0 Å². The third-order valence-corrected chi connectivity index (χ3v) is 4.34. The molecule has 2 aromatic heterocycles. The van der Waals surface area contributed by atoms with Crippen molar-refractivity contribution in [2.45, 2.75) is 19.0 Å². The number of nitrogens with one attached hydrogen (secondary N) is 1. The van der Waals surface area contributed by atoms with Crippen molar-refractivity contribution in [3.63, 3.8) is 0 Å². The van der Waals surface area contributed by atoms with E-state index in [4.69, 9.17) is 0 Å². The van der Waals surface area contributed by atoms with E-state index in [0.29, 0.717) is 5.69 Å². The zero-order chi connectivity index (χ0) is 19.0. The number of nitrogens with zero attached hydrogens (tertiary/aromatic N) is 5. The number of carbonyl (C=O) groups excluding carboxylic acids is 1. The molecule has 1 N–H and O–H groups in total. The first kappa shape index (κ1) is 17.3. The molecule has 0 atom stereocenters. The first-order chi connectivity index (χ1) is 12.9. The second-order valence-electron chi connectivity index (χ2n) is 6.18. The summed E-state index contributed by atoms with van der Waals surface area (Å²) < 4.78 is 40.7. The van der Waals surface area contributed by atoms with E-state index in [2.05, 4.69) is 20.4 Å². The van der Waals surface area contributed by atoms with Crippen molar-refractivity contribution in [1.82, 2.24) is 19.6 Å². The van der Waals surface area contributed by atoms with Crippen molar-refractivity contribution >= 4 is 23.1 Å². The highest BCUT2D eigenvalue weighted by atomic mass is 19.4. The van der Waals surface area contributed by atoms with Gasteiger partial charge in [0.25, 0.3) is 11.7 Å². The van der Waals surface area contributed by atoms with E-state index >= 15 is 0 Å². The second-order valence-corrected chi connectivity index (χ2v) is 6.18. The molecule has 1 amide bonds. The van der Waals surface area contributed by atoms with E-state index in [1.165, 1.54) is 16.8 Å². The van der Waals surface area contributed by atoms with Crippen LogP contribution in [0.4, 0.5) is 24.5 Å². The fourth-order valence-electron chi connectivity index (χ4n) is 3.05. The Bertz CT molecular complexity index is 961. The zero-order valence-corrected chi connectivity index (χ0v) is 14.1. The maximum absolute atomic E-state index is 13.1. The van der Waals surface area contributed by atoms with Gasteiger partial charge < -0.3 is 10.2 Å². The summed E-state index contributed by atoms with van der Waals surface area (Å²) in [6, 6.07) is 4.99. The SMILES string of the molecule is O=C(Nc1cc(C(F)(F)F)ccc1N1CCCC1)c1nc2ncccn2n1. The van der Waals surface area contributed by atoms with Gasteiger partial charge in [-0.1, -0.05) is 0 Å². The summed E-state index contributed by atoms with van der Waals surface area (Å²) in [5.41, 5.74) is -0.190. The molecule has 1 saturated heterocycles. The van der Waals surface area contributed by atoms with Crippen molar-refractivity contribution in [2.24, 2.45) is 0 Å². The summed E-state index contributed by atoms with van der Waals surface area (Å²) in [6.45, 7) is 1.45. The molecule has 1 aliphatic rings. The third-order valence-electron chi connectivity index (χ3n) is 4.34. The van der Waals surface area contributed by atoms with E-state index in [9.17, 15) is 18.0 Å². The lowest BCUT2D eigenvalue weighted by molar-refractivity contribution is -0.137. The van der Waals surface area contributed by atoms with E-state index in [-0.39, 0.29) is 17.3 Å². The smallest absolute Gasteiger partial charge is 0.370 e. The standard InChI is InChI=1S/C17H15F3N6O/c18-17(19,20)11-4-5-13(25-7-1-2-8-25)12(10-11)22-15(27)14-23-16-21-6-3-9-26(16)24-14/h3-6,9-10H,1-2,7-8H2,(H,22,27). The van der Waals surface area contributed by atoms with Gasteiger partial charge in [0.05, 0.1) is 16.9 Å². The highest BCUT2D eigenvalue weighted by molar-refractivity contribution is 6.03. The first-order valence-electron chi connectivity index (χ1n) is 8.37. The minimum absolute atomic E-state index is 0.0866. The highest BCUT2D eigenvalue weighted by Crippen LogP contribution is 2.36. The summed E-state index contributed by atoms with van der Waals surface area (Å²) >= 11 is 0. The molecule has 4 rings (SSSR count). The number of benzene rings is 1. The zero-order valence-electron chi connectivity index (χ0n) is 14.1. The number of amides is 1. The van der Waals surface area contributed by atoms with Crippen LogP contribution in [0.3, 0.4) is 0 Å². The average Bonchev–Trinajstić information content (AvgIpc) is 3.30. The summed E-state index contributed by atoms with van der Waals surface area (Å²) in [4.78, 5) is 22.5. The van der Waals surface area contributed by atoms with Crippen LogP contribution < -0.4 is 10.2 Å². The predicted molar refractivity (Wildman–Crippen MR) is 91.6 cm³/mol. The average molecular weight is 376 g/mol. The van der Waals surface area contributed by atoms with Gasteiger partial charge in [-0.15, -0.1) is 5.10 Å². The Hall–Kier alpha value is -3.17. The fourth-order valence-corrected chi connectivity index (χ4v) is 3.05. The van der Waals surface area contributed by atoms with Crippen molar-refractivity contribution < 1.29 is 18.0 Å². The highest BCUT2D eigenvalue weighted by Gasteiger charge is 2.32. The van der Waals surface area contributed by atoms with Gasteiger partial charge in [-0.2, -0.15) is 18.2 Å². The van der Waals surface area contributed by atoms with Crippen molar-refractivity contribution in [2.75, 3.05) is 23.3 Å². The van der Waals surface area contributed by atoms with Crippen LogP contribution in [0.15, 0.2) is 36.7 Å². The lowest BCUT2D eigenvalue weighted by Crippen LogP contribution is -2.22. The predicted octanol–water partition coefficient (Wildman–Crippen LogP) is 3.00. The van der Waals surface area contributed by atoms with Crippen LogP contribution >= 0.6 is 0 Å². The van der Waals surface area contributed by atoms with Gasteiger partial charge in [-0.3, -0.25) is 4.79 Å². The number of hydrogen-bond acceptors (Lipinski definition) is 5. The molecule has 10 heteroatoms. The number of carbonyl (C=O) groups is 1. The van der Waals surface area contributed by atoms with Crippen molar-refractivity contribution in [3.8, 4) is 0 Å². The number of anilines is 2. The molecule has 3 heterocycles. The van der Waals surface area contributed by atoms with Gasteiger partial charge in [0.1, 0.15) is 0 Å². The van der Waals surface area contributed by atoms with E-state index in [0.717, 1.165) is 38.1 Å². The minimum Gasteiger partial charge on any atom is -0.370 e. The molecule has 0 radical (unpaired) electrons. The molecule has 3 aromatic rings. The third kappa shape index (κ3) is 3.42. The molecule has 1 aliphatic heterocycles. The van der Waals surface area contributed by atoms with Gasteiger partial charge >= 0.3 is 6.18 Å². The fraction of sp³-hybridized carbons (Fsp3) is 0.294. The molecule has 0 bridgehead atoms. The number of hydrogen-bond donors (Lipinski definition) is 1. The van der Waals surface area contributed by atoms with Crippen LogP contribution in [-0.2, 0) is 6.18 Å². The lowest BCUT2D eigenvalue weighted by Gasteiger charge is -2.22. The summed E-state index contributed by atoms with van der Waals surface area (Å²) in [6.07, 6.45) is 0.479. The second kappa shape index (κ2) is 6.53. The molecule has 0 aliphatic carbocycles. The Kier molecular flexibility index (Phi) is 4.17. The summed E-state index contributed by atoms with van der Waals surface area (Å²) in [5.74, 6) is -0.634. The molecule has 27 heavy (non-hydrogen) atoms. The van der Waals surface area contributed by atoms with Gasteiger partial charge in [-0.05, 0) is 37.1 Å². The summed E-state index contributed by atoms with van der Waals surface area (Å²) in [5, 5.41) is 6.53. The maximum atomic E-state index is 13.1. The Morgan fingerprint density at radius 1 is 1.19 bits per heavy atom. The van der Waals surface area contributed by atoms with E-state index in [1.54, 1.807) is 12.3 Å². The molecule has 0 unspecified atom stereocenters. The molecular weight excluding hydrogens is 361 g/mol. The van der Waals surface area contributed by atoms with Gasteiger partial charge in [-0.25, -0.2) is 9.50 Å². The molecule has 1 fully saturated rings. The number of aromatic nitrogens is 4. The summed E-state index contributed by atoms with van der Waals surface area (Å²) in [7, 11) is 0. The monoisotopic (exact) mass is 376 g/mol. The first-order valence-corrected chi connectivity index (χ1v) is 8.37. The van der Waals surface area contributed by atoms with Crippen LogP contribution in [0.25, 0.3) is 5.78 Å². The number of fused-ring (bicyclic) bond motifs is 1. The lowest BCUT2D eigenvalue weighted by atomic mass is 10.1. The molecule has 140 valence electrons. The van der Waals surface area contributed by atoms with E-state index in [1.807, 2.05) is 4.90 Å². The molecule has 7 nitrogen and oxygen atoms in total. The molecule has 1 aromatic carbocycles. The van der Waals surface area contributed by atoms with Crippen LogP contribution in [0.1, 0.15) is 29.0 Å². The van der Waals surface area contributed by atoms with Crippen LogP contribution in [-0.4, -0.2) is 38.6 Å². The Labute approximate surface area is 151 Å². The number of alkyl halides is 3. The molecular formula is C17H15F3N6O. The maximum Gasteiger partial charge on any atom is 0.416 e. The minimum atomic E-state index is -4.51. The molecule has 0 saturated carbocycles. The Morgan fingerprint density at radius 2 is 1.96 bits per heavy atom. The van der Waals surface area contributed by atoms with Gasteiger partial charge in [0, 0.05) is 25.5 Å². The normalized spacial score (nSPS) is 14.7. The number of rotatable bonds is 3. The quantitative estimate of drug-likeness (QED) is 0.761. The van der Waals surface area contributed by atoms with Crippen LogP contribution in [0.2, 0.25) is 0 Å². The molecule has 0 spiro atoms. The van der Waals surface area contributed by atoms with Gasteiger partial charge in [0.15, 0.2) is 0 Å². The van der Waals surface area contributed by atoms with Crippen LogP contribution in [0, 0.1) is 0 Å². The van der Waals surface area contributed by atoms with Gasteiger partial charge in [0.2, 0.25) is 5.82 Å². The largest absolute Gasteiger partial charge is 0.416 e. The van der Waals surface area contributed by atoms with Crippen molar-refractivity contribution in [3.05, 3.63) is 48.0 Å². The Morgan fingerprint density at radius 3 is 2.67 bits per heavy atom.